The van der Waals surface area contributed by atoms with Crippen molar-refractivity contribution in [3.63, 3.8) is 0 Å². The molecule has 17 heavy (non-hydrogen) atoms. The van der Waals surface area contributed by atoms with Crippen LogP contribution >= 0.6 is 11.6 Å². The van der Waals surface area contributed by atoms with Crippen LogP contribution in [0.4, 0.5) is 0 Å². The van der Waals surface area contributed by atoms with Crippen molar-refractivity contribution in [2.45, 2.75) is 19.4 Å². The van der Waals surface area contributed by atoms with Gasteiger partial charge in [-0.1, -0.05) is 11.6 Å². The Morgan fingerprint density at radius 2 is 2.18 bits per heavy atom. The molecule has 0 saturated carbocycles. The van der Waals surface area contributed by atoms with Crippen LogP contribution in [0.5, 0.6) is 0 Å². The summed E-state index contributed by atoms with van der Waals surface area (Å²) in [6.45, 7) is 1.27. The zero-order chi connectivity index (χ0) is 12.4. The first-order valence-electron chi connectivity index (χ1n) is 5.33. The summed E-state index contributed by atoms with van der Waals surface area (Å²) in [4.78, 5) is 33.3. The summed E-state index contributed by atoms with van der Waals surface area (Å²) in [5.74, 6) is 0.974. The first-order chi connectivity index (χ1) is 8.11. The molecule has 1 fully saturated rings. The van der Waals surface area contributed by atoms with Crippen molar-refractivity contribution in [2.75, 3.05) is 13.6 Å². The second-order valence-electron chi connectivity index (χ2n) is 3.87. The predicted molar refractivity (Wildman–Crippen MR) is 65.7 cm³/mol. The van der Waals surface area contributed by atoms with Crippen molar-refractivity contribution < 1.29 is 0 Å². The Hall–Kier alpha value is -1.56. The first kappa shape index (κ1) is 11.9. The molecule has 92 valence electrons. The van der Waals surface area contributed by atoms with Crippen LogP contribution in [0.25, 0.3) is 0 Å². The minimum atomic E-state index is -0.556. The summed E-state index contributed by atoms with van der Waals surface area (Å²) in [6.07, 6.45) is 1.94. The summed E-state index contributed by atoms with van der Waals surface area (Å²) in [6, 6.07) is 0. The summed E-state index contributed by atoms with van der Waals surface area (Å²) in [5, 5.41) is 0.0342. The summed E-state index contributed by atoms with van der Waals surface area (Å²) in [7, 11) is 1.73. The largest absolute Gasteiger partial charge is 0.354 e. The number of likely N-dealkylation sites (tertiary alicyclic amines) is 1. The molecule has 6 nitrogen and oxygen atoms in total. The average molecular weight is 257 g/mol. The number of halogens is 1. The maximum atomic E-state index is 11.3. The number of hydrogen-bond acceptors (Lipinski definition) is 3. The van der Waals surface area contributed by atoms with Gasteiger partial charge >= 0.3 is 5.69 Å². The minimum absolute atomic E-state index is 0.0342. The van der Waals surface area contributed by atoms with E-state index in [0.29, 0.717) is 12.2 Å². The van der Waals surface area contributed by atoms with E-state index in [0.717, 1.165) is 25.2 Å². The second-order valence-corrected chi connectivity index (χ2v) is 4.24. The molecule has 1 aromatic heterocycles. The molecular weight excluding hydrogens is 244 g/mol. The van der Waals surface area contributed by atoms with E-state index in [1.54, 1.807) is 7.05 Å². The van der Waals surface area contributed by atoms with Crippen molar-refractivity contribution in [2.24, 2.45) is 4.99 Å². The second kappa shape index (κ2) is 4.75. The Kier molecular flexibility index (Phi) is 3.33. The van der Waals surface area contributed by atoms with Gasteiger partial charge in [0.2, 0.25) is 0 Å². The van der Waals surface area contributed by atoms with Gasteiger partial charge in [0.05, 0.1) is 18.1 Å². The van der Waals surface area contributed by atoms with Crippen molar-refractivity contribution in [3.8, 4) is 0 Å². The highest BCUT2D eigenvalue weighted by Crippen LogP contribution is 2.16. The molecule has 1 aliphatic rings. The maximum absolute atomic E-state index is 11.3. The minimum Gasteiger partial charge on any atom is -0.354 e. The quantitative estimate of drug-likeness (QED) is 0.801. The van der Waals surface area contributed by atoms with Crippen LogP contribution in [-0.4, -0.2) is 34.3 Å². The number of aliphatic imine (C=N–C) groups is 1. The number of aromatic amines is 2. The fourth-order valence-electron chi connectivity index (χ4n) is 1.96. The Balaban J connectivity index is 2.30. The summed E-state index contributed by atoms with van der Waals surface area (Å²) < 4.78 is 0. The van der Waals surface area contributed by atoms with Gasteiger partial charge in [-0.05, 0) is 6.42 Å². The third-order valence-corrected chi connectivity index (χ3v) is 3.16. The predicted octanol–water partition coefficient (Wildman–Crippen LogP) is 0.341. The van der Waals surface area contributed by atoms with E-state index in [2.05, 4.69) is 15.0 Å². The van der Waals surface area contributed by atoms with E-state index < -0.39 is 11.2 Å². The van der Waals surface area contributed by atoms with Gasteiger partial charge in [-0.15, -0.1) is 0 Å². The number of H-pyrrole nitrogens is 2. The zero-order valence-electron chi connectivity index (χ0n) is 9.42. The summed E-state index contributed by atoms with van der Waals surface area (Å²) >= 11 is 5.85. The van der Waals surface area contributed by atoms with Crippen LogP contribution in [0.2, 0.25) is 5.02 Å². The van der Waals surface area contributed by atoms with E-state index in [1.165, 1.54) is 0 Å². The molecule has 0 unspecified atom stereocenters. The molecule has 1 aliphatic heterocycles. The molecule has 0 bridgehead atoms. The van der Waals surface area contributed by atoms with Gasteiger partial charge in [0.15, 0.2) is 0 Å². The van der Waals surface area contributed by atoms with Gasteiger partial charge < -0.3 is 9.88 Å². The zero-order valence-corrected chi connectivity index (χ0v) is 10.2. The lowest BCUT2D eigenvalue weighted by Gasteiger charge is -2.18. The van der Waals surface area contributed by atoms with Gasteiger partial charge in [-0.3, -0.25) is 14.8 Å². The number of nitrogens with zero attached hydrogens (tertiary/aromatic N) is 2. The average Bonchev–Trinajstić information content (AvgIpc) is 2.72. The number of hydrogen-bond donors (Lipinski definition) is 2. The molecule has 7 heteroatoms. The van der Waals surface area contributed by atoms with Crippen molar-refractivity contribution in [3.05, 3.63) is 31.6 Å². The Labute approximate surface area is 102 Å². The monoisotopic (exact) mass is 256 g/mol. The normalized spacial score (nSPS) is 18.0. The van der Waals surface area contributed by atoms with Crippen LogP contribution in [-0.2, 0) is 6.54 Å². The van der Waals surface area contributed by atoms with Crippen LogP contribution in [0.15, 0.2) is 14.6 Å². The molecule has 1 aromatic rings. The van der Waals surface area contributed by atoms with Crippen molar-refractivity contribution >= 4 is 17.4 Å². The van der Waals surface area contributed by atoms with Gasteiger partial charge in [0, 0.05) is 20.0 Å². The lowest BCUT2D eigenvalue weighted by molar-refractivity contribution is 0.440. The fourth-order valence-corrected chi connectivity index (χ4v) is 2.11. The smallest absolute Gasteiger partial charge is 0.326 e. The van der Waals surface area contributed by atoms with E-state index >= 15 is 0 Å². The molecule has 1 saturated heterocycles. The molecule has 0 aliphatic carbocycles. The third kappa shape index (κ3) is 2.41. The van der Waals surface area contributed by atoms with Crippen molar-refractivity contribution in [1.82, 2.24) is 14.9 Å². The molecule has 0 amide bonds. The molecule has 0 spiro atoms. The SMILES string of the molecule is CN=C1CCCN1Cc1[nH]c(=O)[nH]c(=O)c1Cl. The third-order valence-electron chi connectivity index (χ3n) is 2.76. The van der Waals surface area contributed by atoms with Gasteiger partial charge in [0.1, 0.15) is 5.02 Å². The van der Waals surface area contributed by atoms with Crippen molar-refractivity contribution in [1.29, 1.82) is 0 Å². The molecule has 0 aromatic carbocycles. The molecule has 2 heterocycles. The highest BCUT2D eigenvalue weighted by molar-refractivity contribution is 6.31. The van der Waals surface area contributed by atoms with Crippen LogP contribution in [0.3, 0.4) is 0 Å². The lowest BCUT2D eigenvalue weighted by atomic mass is 10.3. The summed E-state index contributed by atoms with van der Waals surface area (Å²) in [5.41, 5.74) is -0.661. The number of rotatable bonds is 2. The molecule has 2 rings (SSSR count). The van der Waals surface area contributed by atoms with E-state index in [-0.39, 0.29) is 5.02 Å². The van der Waals surface area contributed by atoms with Gasteiger partial charge in [-0.2, -0.15) is 0 Å². The van der Waals surface area contributed by atoms with Crippen LogP contribution in [0, 0.1) is 0 Å². The number of aromatic nitrogens is 2. The molecule has 2 N–H and O–H groups in total. The van der Waals surface area contributed by atoms with Crippen LogP contribution in [0.1, 0.15) is 18.5 Å². The Bertz CT molecular complexity index is 560. The molecular formula is C10H13ClN4O2. The Morgan fingerprint density at radius 3 is 2.88 bits per heavy atom. The van der Waals surface area contributed by atoms with Gasteiger partial charge in [-0.25, -0.2) is 4.79 Å². The first-order valence-corrected chi connectivity index (χ1v) is 5.71. The fraction of sp³-hybridized carbons (Fsp3) is 0.500. The Morgan fingerprint density at radius 1 is 1.41 bits per heavy atom. The van der Waals surface area contributed by atoms with E-state index in [9.17, 15) is 9.59 Å². The maximum Gasteiger partial charge on any atom is 0.326 e. The topological polar surface area (TPSA) is 81.3 Å². The van der Waals surface area contributed by atoms with E-state index in [4.69, 9.17) is 11.6 Å². The van der Waals surface area contributed by atoms with Crippen LogP contribution < -0.4 is 11.2 Å². The van der Waals surface area contributed by atoms with Gasteiger partial charge in [0.25, 0.3) is 5.56 Å². The highest BCUT2D eigenvalue weighted by atomic mass is 35.5. The molecule has 0 atom stereocenters. The number of nitrogens with one attached hydrogen (secondary N) is 2. The highest BCUT2D eigenvalue weighted by Gasteiger charge is 2.20. The number of amidine groups is 1. The standard InChI is InChI=1S/C10H13ClN4O2/c1-12-7-3-2-4-15(7)5-6-8(11)9(16)14-10(17)13-6/h2-5H2,1H3,(H2,13,14,16,17). The van der Waals surface area contributed by atoms with E-state index in [1.807, 2.05) is 4.90 Å². The molecule has 0 radical (unpaired) electrons. The lowest BCUT2D eigenvalue weighted by Crippen LogP contribution is -2.30.